The smallest absolute Gasteiger partial charge is 0.337 e. The summed E-state index contributed by atoms with van der Waals surface area (Å²) in [6.45, 7) is 8.41. The van der Waals surface area contributed by atoms with Gasteiger partial charge in [0.15, 0.2) is 11.7 Å². The summed E-state index contributed by atoms with van der Waals surface area (Å²) in [5, 5.41) is 20.6. The monoisotopic (exact) mass is 334 g/mol. The number of ether oxygens (including phenoxy) is 2. The summed E-state index contributed by atoms with van der Waals surface area (Å²) in [7, 11) is 0. The Hall–Kier alpha value is -2.18. The molecule has 1 saturated heterocycles. The van der Waals surface area contributed by atoms with E-state index in [1.807, 2.05) is 6.08 Å². The summed E-state index contributed by atoms with van der Waals surface area (Å²) in [6.07, 6.45) is 4.45. The average molecular weight is 334 g/mol. The summed E-state index contributed by atoms with van der Waals surface area (Å²) in [5.74, 6) is -1.42. The predicted molar refractivity (Wildman–Crippen MR) is 86.8 cm³/mol. The van der Waals surface area contributed by atoms with Gasteiger partial charge in [-0.05, 0) is 31.4 Å². The number of aliphatic hydroxyl groups excluding tert-OH is 1. The lowest BCUT2D eigenvalue weighted by atomic mass is 9.82. The van der Waals surface area contributed by atoms with Gasteiger partial charge in [0.05, 0.1) is 12.2 Å². The Balaban J connectivity index is 2.47. The van der Waals surface area contributed by atoms with Crippen molar-refractivity contribution in [3.05, 3.63) is 48.1 Å². The lowest BCUT2D eigenvalue weighted by molar-refractivity contribution is -0.161. The fraction of sp³-hybridized carbons (Fsp3) is 0.444. The molecule has 130 valence electrons. The van der Waals surface area contributed by atoms with E-state index in [1.165, 1.54) is 13.0 Å². The van der Waals surface area contributed by atoms with Crippen molar-refractivity contribution in [3.63, 3.8) is 0 Å². The first-order valence-corrected chi connectivity index (χ1v) is 7.75. The summed E-state index contributed by atoms with van der Waals surface area (Å²) in [4.78, 5) is 23.9. The van der Waals surface area contributed by atoms with Gasteiger partial charge in [0.25, 0.3) is 0 Å². The largest absolute Gasteiger partial charge is 0.455 e. The van der Waals surface area contributed by atoms with Gasteiger partial charge in [-0.3, -0.25) is 0 Å². The number of carbonyl (C=O) groups is 2. The van der Waals surface area contributed by atoms with Gasteiger partial charge >= 0.3 is 11.9 Å². The van der Waals surface area contributed by atoms with Crippen molar-refractivity contribution in [2.45, 2.75) is 44.0 Å². The molecule has 6 heteroatoms. The van der Waals surface area contributed by atoms with Crippen LogP contribution in [0.5, 0.6) is 0 Å². The van der Waals surface area contributed by atoms with E-state index < -0.39 is 29.7 Å². The maximum absolute atomic E-state index is 12.0. The van der Waals surface area contributed by atoms with E-state index >= 15 is 0 Å². The van der Waals surface area contributed by atoms with Crippen LogP contribution in [0.3, 0.4) is 0 Å². The highest BCUT2D eigenvalue weighted by Crippen LogP contribution is 2.39. The molecular formula is C18H22O6. The van der Waals surface area contributed by atoms with Crippen molar-refractivity contribution in [2.24, 2.45) is 0 Å². The summed E-state index contributed by atoms with van der Waals surface area (Å²) < 4.78 is 10.6. The zero-order valence-electron chi connectivity index (χ0n) is 13.7. The third-order valence-electron chi connectivity index (χ3n) is 4.23. The molecule has 0 aromatic carbocycles. The van der Waals surface area contributed by atoms with E-state index in [4.69, 9.17) is 9.47 Å². The molecule has 1 heterocycles. The molecule has 24 heavy (non-hydrogen) atoms. The van der Waals surface area contributed by atoms with Crippen LogP contribution in [-0.4, -0.2) is 46.6 Å². The highest BCUT2D eigenvalue weighted by molar-refractivity contribution is 5.94. The number of carbonyl (C=O) groups excluding carboxylic acids is 2. The van der Waals surface area contributed by atoms with Gasteiger partial charge in [0.2, 0.25) is 0 Å². The van der Waals surface area contributed by atoms with Crippen molar-refractivity contribution in [1.82, 2.24) is 0 Å². The molecule has 0 radical (unpaired) electrons. The molecule has 0 aromatic heterocycles. The third-order valence-corrected chi connectivity index (χ3v) is 4.23. The van der Waals surface area contributed by atoms with Crippen LogP contribution in [0.2, 0.25) is 0 Å². The van der Waals surface area contributed by atoms with Crippen molar-refractivity contribution < 1.29 is 29.3 Å². The van der Waals surface area contributed by atoms with Crippen molar-refractivity contribution in [3.8, 4) is 0 Å². The molecule has 1 aliphatic carbocycles. The fourth-order valence-electron chi connectivity index (χ4n) is 2.73. The van der Waals surface area contributed by atoms with E-state index in [-0.39, 0.29) is 24.2 Å². The second kappa shape index (κ2) is 7.15. The topological polar surface area (TPSA) is 93.1 Å². The van der Waals surface area contributed by atoms with Gasteiger partial charge in [-0.15, -0.1) is 0 Å². The molecule has 2 rings (SSSR count). The molecule has 6 nitrogen and oxygen atoms in total. The average Bonchev–Trinajstić information content (AvgIpc) is 2.76. The van der Waals surface area contributed by atoms with Gasteiger partial charge < -0.3 is 19.7 Å². The van der Waals surface area contributed by atoms with E-state index in [0.717, 1.165) is 0 Å². The molecule has 3 unspecified atom stereocenters. The minimum absolute atomic E-state index is 0.172. The maximum Gasteiger partial charge on any atom is 0.337 e. The van der Waals surface area contributed by atoms with Crippen LogP contribution in [-0.2, 0) is 19.1 Å². The predicted octanol–water partition coefficient (Wildman–Crippen LogP) is 1.35. The molecule has 0 amide bonds. The SMILES string of the molecule is C=C(C)C(=O)OC1CC=CCCC(CO)=CC2OC(=O)C(=C)C21O. The lowest BCUT2D eigenvalue weighted by Gasteiger charge is -2.34. The van der Waals surface area contributed by atoms with Crippen LogP contribution >= 0.6 is 0 Å². The quantitative estimate of drug-likeness (QED) is 0.460. The van der Waals surface area contributed by atoms with Gasteiger partial charge in [0.1, 0.15) is 6.10 Å². The van der Waals surface area contributed by atoms with Crippen LogP contribution in [0.25, 0.3) is 0 Å². The van der Waals surface area contributed by atoms with E-state index in [0.29, 0.717) is 18.4 Å². The number of rotatable bonds is 3. The summed E-state index contributed by atoms with van der Waals surface area (Å²) in [5.41, 5.74) is -1.27. The molecular weight excluding hydrogens is 312 g/mol. The van der Waals surface area contributed by atoms with E-state index in [1.54, 1.807) is 6.08 Å². The molecule has 3 atom stereocenters. The molecule has 1 fully saturated rings. The van der Waals surface area contributed by atoms with Gasteiger partial charge in [-0.2, -0.15) is 0 Å². The number of hydrogen-bond acceptors (Lipinski definition) is 6. The second-order valence-electron chi connectivity index (χ2n) is 6.03. The molecule has 0 spiro atoms. The van der Waals surface area contributed by atoms with Crippen LogP contribution < -0.4 is 0 Å². The molecule has 0 aromatic rings. The molecule has 2 aliphatic rings. The first kappa shape index (κ1) is 18.2. The molecule has 0 saturated carbocycles. The van der Waals surface area contributed by atoms with Crippen molar-refractivity contribution in [2.75, 3.05) is 6.61 Å². The van der Waals surface area contributed by atoms with Gasteiger partial charge in [0, 0.05) is 12.0 Å². The highest BCUT2D eigenvalue weighted by Gasteiger charge is 2.57. The fourth-order valence-corrected chi connectivity index (χ4v) is 2.73. The summed E-state index contributed by atoms with van der Waals surface area (Å²) >= 11 is 0. The molecule has 1 aliphatic heterocycles. The van der Waals surface area contributed by atoms with Gasteiger partial charge in [-0.1, -0.05) is 25.3 Å². The highest BCUT2D eigenvalue weighted by atomic mass is 16.6. The Kier molecular flexibility index (Phi) is 5.41. The normalized spacial score (nSPS) is 30.2. The third kappa shape index (κ3) is 3.34. The van der Waals surface area contributed by atoms with E-state index in [2.05, 4.69) is 13.2 Å². The number of fused-ring (bicyclic) bond motifs is 1. The number of hydrogen-bond donors (Lipinski definition) is 2. The van der Waals surface area contributed by atoms with Crippen LogP contribution in [0, 0.1) is 0 Å². The second-order valence-corrected chi connectivity index (χ2v) is 6.03. The standard InChI is InChI=1S/C18H22O6/c1-11(2)16(20)23-14-8-6-4-5-7-13(10-19)9-15-18(14,22)12(3)17(21)24-15/h4,6,9,14-15,19,22H,1,3,5,7-8,10H2,2H3. The first-order chi connectivity index (χ1) is 11.3. The summed E-state index contributed by atoms with van der Waals surface area (Å²) in [6, 6.07) is 0. The van der Waals surface area contributed by atoms with Gasteiger partial charge in [-0.25, -0.2) is 9.59 Å². The van der Waals surface area contributed by atoms with Crippen LogP contribution in [0.4, 0.5) is 0 Å². The Bertz CT molecular complexity index is 629. The Morgan fingerprint density at radius 3 is 2.83 bits per heavy atom. The zero-order chi connectivity index (χ0) is 17.9. The van der Waals surface area contributed by atoms with Crippen LogP contribution in [0.15, 0.2) is 48.1 Å². The Morgan fingerprint density at radius 1 is 1.50 bits per heavy atom. The van der Waals surface area contributed by atoms with Crippen molar-refractivity contribution >= 4 is 11.9 Å². The number of allylic oxidation sites excluding steroid dienone is 1. The number of aliphatic hydroxyl groups is 2. The van der Waals surface area contributed by atoms with Crippen LogP contribution in [0.1, 0.15) is 26.2 Å². The Morgan fingerprint density at radius 2 is 2.21 bits per heavy atom. The minimum atomic E-state index is -1.90. The maximum atomic E-state index is 12.0. The molecule has 0 bridgehead atoms. The Labute approximate surface area is 140 Å². The zero-order valence-corrected chi connectivity index (χ0v) is 13.7. The lowest BCUT2D eigenvalue weighted by Crippen LogP contribution is -2.51. The van der Waals surface area contributed by atoms with E-state index in [9.17, 15) is 19.8 Å². The number of esters is 2. The first-order valence-electron chi connectivity index (χ1n) is 7.75. The van der Waals surface area contributed by atoms with Crippen molar-refractivity contribution in [1.29, 1.82) is 0 Å². The minimum Gasteiger partial charge on any atom is -0.455 e. The molecule has 2 N–H and O–H groups in total.